The molecule has 29 heavy (non-hydrogen) atoms. The van der Waals surface area contributed by atoms with Crippen LogP contribution >= 0.6 is 0 Å². The summed E-state index contributed by atoms with van der Waals surface area (Å²) in [6.07, 6.45) is -7.45. The van der Waals surface area contributed by atoms with Crippen molar-refractivity contribution in [2.45, 2.75) is 90.3 Å². The van der Waals surface area contributed by atoms with E-state index in [1.165, 1.54) is 0 Å². The van der Waals surface area contributed by atoms with Crippen LogP contribution in [0.15, 0.2) is 0 Å². The van der Waals surface area contributed by atoms with Gasteiger partial charge in [0.15, 0.2) is 0 Å². The van der Waals surface area contributed by atoms with Crippen LogP contribution in [0.3, 0.4) is 0 Å². The molecule has 1 fully saturated rings. The molecule has 1 aliphatic rings. The predicted octanol–water partition coefficient (Wildman–Crippen LogP) is 7.24. The first kappa shape index (κ1) is 26.6. The monoisotopic (exact) mass is 526 g/mol. The zero-order valence-electron chi connectivity index (χ0n) is 15.5. The molecule has 0 aliphatic carbocycles. The predicted molar refractivity (Wildman–Crippen MR) is 79.9 cm³/mol. The van der Waals surface area contributed by atoms with Crippen LogP contribution in [0.2, 0.25) is 8.63 Å². The fourth-order valence-electron chi connectivity index (χ4n) is 3.66. The Hall–Kier alpha value is -0.391. The summed E-state index contributed by atoms with van der Waals surface area (Å²) in [6, 6.07) is 0. The maximum absolute atomic E-state index is 14.8. The Morgan fingerprint density at radius 1 is 0.517 bits per heavy atom. The van der Waals surface area contributed by atoms with Crippen molar-refractivity contribution in [1.29, 1.82) is 0 Å². The topological polar surface area (TPSA) is 0 Å². The molecule has 0 atom stereocenters. The first-order valence-electron chi connectivity index (χ1n) is 8.08. The van der Waals surface area contributed by atoms with E-state index in [2.05, 4.69) is 0 Å². The molecule has 1 saturated heterocycles. The van der Waals surface area contributed by atoms with Crippen molar-refractivity contribution in [2.24, 2.45) is 0 Å². The molecule has 0 amide bonds. The van der Waals surface area contributed by atoms with Gasteiger partial charge in [-0.15, -0.1) is 0 Å². The molecule has 0 bridgehead atoms. The van der Waals surface area contributed by atoms with E-state index in [0.717, 1.165) is 27.7 Å². The summed E-state index contributed by atoms with van der Waals surface area (Å²) >= 11 is -4.66. The second-order valence-corrected chi connectivity index (χ2v) is 15.8. The van der Waals surface area contributed by atoms with Crippen molar-refractivity contribution in [2.75, 3.05) is 0 Å². The van der Waals surface area contributed by atoms with Gasteiger partial charge in [0.05, 0.1) is 0 Å². The quantitative estimate of drug-likeness (QED) is 0.263. The Kier molecular flexibility index (Phi) is 6.25. The molecule has 0 saturated carbocycles. The van der Waals surface area contributed by atoms with Crippen molar-refractivity contribution in [3.05, 3.63) is 0 Å². The minimum atomic E-state index is -7.83. The summed E-state index contributed by atoms with van der Waals surface area (Å²) in [5.41, 5.74) is 0. The molecule has 0 N–H and O–H groups in total. The average Bonchev–Trinajstić information content (AvgIpc) is 2.42. The van der Waals surface area contributed by atoms with Crippen molar-refractivity contribution in [3.63, 3.8) is 0 Å². The molecule has 14 heteroatoms. The summed E-state index contributed by atoms with van der Waals surface area (Å²) in [5.74, 6) is -30.4. The molecular weight excluding hydrogens is 506 g/mol. The Labute approximate surface area is 162 Å². The van der Waals surface area contributed by atoms with Gasteiger partial charge in [-0.3, -0.25) is 0 Å². The zero-order chi connectivity index (χ0) is 23.7. The van der Waals surface area contributed by atoms with Gasteiger partial charge in [-0.25, -0.2) is 0 Å². The molecule has 1 rings (SSSR count). The van der Waals surface area contributed by atoms with Gasteiger partial charge < -0.3 is 0 Å². The number of hydrogen-bond donors (Lipinski definition) is 0. The van der Waals surface area contributed by atoms with E-state index in [1.54, 1.807) is 0 Å². The Morgan fingerprint density at radius 2 is 0.828 bits per heavy atom. The van der Waals surface area contributed by atoms with Gasteiger partial charge in [0.25, 0.3) is 0 Å². The standard InChI is InChI=1S/C15H19F13Se/c1-8(2)6-5-7-9(3,4)29(8)15(27,28)13(22,23)11(18,19)10(16,17)12(20,21)14(24,25)26/h29H,5-7H2,1-4H3. The third-order valence-corrected chi connectivity index (χ3v) is 12.8. The molecule has 1 heterocycles. The van der Waals surface area contributed by atoms with Gasteiger partial charge in [0.1, 0.15) is 0 Å². The average molecular weight is 525 g/mol. The first-order chi connectivity index (χ1) is 12.3. The number of hydrogen-bond acceptors (Lipinski definition) is 0. The molecule has 0 aromatic heterocycles. The zero-order valence-corrected chi connectivity index (χ0v) is 17.4. The van der Waals surface area contributed by atoms with Gasteiger partial charge in [-0.05, 0) is 0 Å². The van der Waals surface area contributed by atoms with Crippen molar-refractivity contribution in [1.82, 2.24) is 0 Å². The molecule has 176 valence electrons. The first-order valence-corrected chi connectivity index (χ1v) is 10.9. The second-order valence-electron chi connectivity index (χ2n) is 8.15. The van der Waals surface area contributed by atoms with Gasteiger partial charge in [0, 0.05) is 0 Å². The third-order valence-electron chi connectivity index (χ3n) is 4.99. The number of alkyl halides is 13. The molecule has 0 spiro atoms. The van der Waals surface area contributed by atoms with Crippen LogP contribution in [0.4, 0.5) is 57.1 Å². The van der Waals surface area contributed by atoms with E-state index < -0.39 is 57.2 Å². The van der Waals surface area contributed by atoms with Crippen LogP contribution in [0.25, 0.3) is 0 Å². The van der Waals surface area contributed by atoms with E-state index in [4.69, 9.17) is 0 Å². The molecular formula is C15H19F13Se. The number of halogens is 13. The Balaban J connectivity index is 3.66. The van der Waals surface area contributed by atoms with Gasteiger partial charge in [0.2, 0.25) is 0 Å². The molecule has 0 unspecified atom stereocenters. The third kappa shape index (κ3) is 3.63. The summed E-state index contributed by atoms with van der Waals surface area (Å²) < 4.78 is 171. The Bertz CT molecular complexity index is 602. The maximum atomic E-state index is 14.8. The van der Waals surface area contributed by atoms with E-state index in [-0.39, 0.29) is 19.3 Å². The van der Waals surface area contributed by atoms with E-state index in [0.29, 0.717) is 0 Å². The van der Waals surface area contributed by atoms with Crippen molar-refractivity contribution < 1.29 is 57.1 Å². The summed E-state index contributed by atoms with van der Waals surface area (Å²) in [5, 5.41) is 0. The normalized spacial score (nSPS) is 23.3. The SMILES string of the molecule is CC1(C)CCCC(C)(C)[SeH]1C(F)(F)C(F)(F)C(F)(F)C(F)(F)C(F)(F)C(F)(F)F. The summed E-state index contributed by atoms with van der Waals surface area (Å²) in [6.45, 7) is 4.16. The van der Waals surface area contributed by atoms with Gasteiger partial charge >= 0.3 is 161 Å². The van der Waals surface area contributed by atoms with Crippen LogP contribution in [-0.4, -0.2) is 48.6 Å². The molecule has 1 aliphatic heterocycles. The van der Waals surface area contributed by atoms with Crippen molar-refractivity contribution >= 4 is 13.9 Å². The minimum absolute atomic E-state index is 0.150. The van der Waals surface area contributed by atoms with Crippen LogP contribution in [-0.2, 0) is 0 Å². The Morgan fingerprint density at radius 3 is 1.14 bits per heavy atom. The van der Waals surface area contributed by atoms with E-state index >= 15 is 0 Å². The molecule has 0 aromatic rings. The second kappa shape index (κ2) is 6.80. The fraction of sp³-hybridized carbons (Fsp3) is 1.00. The van der Waals surface area contributed by atoms with Gasteiger partial charge in [-0.1, -0.05) is 0 Å². The number of rotatable bonds is 5. The van der Waals surface area contributed by atoms with E-state index in [1.807, 2.05) is 0 Å². The van der Waals surface area contributed by atoms with Crippen LogP contribution < -0.4 is 0 Å². The summed E-state index contributed by atoms with van der Waals surface area (Å²) in [7, 11) is 0. The fourth-order valence-corrected chi connectivity index (χ4v) is 12.8. The summed E-state index contributed by atoms with van der Waals surface area (Å²) in [4.78, 5) is -5.90. The molecule has 0 aromatic carbocycles. The van der Waals surface area contributed by atoms with Crippen molar-refractivity contribution in [3.8, 4) is 0 Å². The van der Waals surface area contributed by atoms with E-state index in [9.17, 15) is 57.1 Å². The van der Waals surface area contributed by atoms with Crippen LogP contribution in [0.5, 0.6) is 0 Å². The van der Waals surface area contributed by atoms with Crippen LogP contribution in [0.1, 0.15) is 47.0 Å². The van der Waals surface area contributed by atoms with Crippen LogP contribution in [0, 0.1) is 0 Å². The van der Waals surface area contributed by atoms with Gasteiger partial charge in [-0.2, -0.15) is 0 Å². The molecule has 0 nitrogen and oxygen atoms in total. The molecule has 0 radical (unpaired) electrons.